The lowest BCUT2D eigenvalue weighted by Gasteiger charge is -2.18. The van der Waals surface area contributed by atoms with Gasteiger partial charge in [0, 0.05) is 30.8 Å². The molecule has 0 spiro atoms. The van der Waals surface area contributed by atoms with Crippen molar-refractivity contribution in [1.82, 2.24) is 0 Å². The van der Waals surface area contributed by atoms with E-state index in [1.54, 1.807) is 4.90 Å². The molecular weight excluding hydrogens is 478 g/mol. The van der Waals surface area contributed by atoms with E-state index in [1.165, 1.54) is 36.4 Å². The van der Waals surface area contributed by atoms with Gasteiger partial charge in [-0.25, -0.2) is 4.90 Å². The van der Waals surface area contributed by atoms with E-state index in [0.717, 1.165) is 27.8 Å². The Bertz CT molecular complexity index is 1490. The molecule has 0 bridgehead atoms. The van der Waals surface area contributed by atoms with Gasteiger partial charge < -0.3 is 9.64 Å². The van der Waals surface area contributed by atoms with Crippen molar-refractivity contribution in [3.63, 3.8) is 0 Å². The van der Waals surface area contributed by atoms with Crippen molar-refractivity contribution in [1.29, 1.82) is 0 Å². The summed E-state index contributed by atoms with van der Waals surface area (Å²) in [7, 11) is 0. The number of ether oxygens (including phenoxy) is 1. The number of hydrogen-bond acceptors (Lipinski definition) is 7. The molecule has 0 N–H and O–H groups in total. The molecule has 0 saturated carbocycles. The molecule has 2 heterocycles. The van der Waals surface area contributed by atoms with Crippen LogP contribution in [0.3, 0.4) is 0 Å². The van der Waals surface area contributed by atoms with Gasteiger partial charge >= 0.3 is 5.97 Å². The van der Waals surface area contributed by atoms with E-state index in [2.05, 4.69) is 0 Å². The summed E-state index contributed by atoms with van der Waals surface area (Å²) in [6.07, 6.45) is -0.00636. The lowest BCUT2D eigenvalue weighted by Crippen LogP contribution is -2.29. The number of hydrogen-bond donors (Lipinski definition) is 0. The number of anilines is 2. The average Bonchev–Trinajstić information content (AvgIpc) is 3.36. The first kappa shape index (κ1) is 23.9. The van der Waals surface area contributed by atoms with Crippen LogP contribution in [0.2, 0.25) is 0 Å². The van der Waals surface area contributed by atoms with E-state index in [4.69, 9.17) is 4.74 Å². The second-order valence-corrected chi connectivity index (χ2v) is 9.07. The third-order valence-corrected chi connectivity index (χ3v) is 6.36. The van der Waals surface area contributed by atoms with Crippen LogP contribution in [-0.2, 0) is 9.59 Å². The molecule has 0 radical (unpaired) electrons. The maximum Gasteiger partial charge on any atom is 0.316 e. The van der Waals surface area contributed by atoms with E-state index in [9.17, 15) is 29.3 Å². The summed E-state index contributed by atoms with van der Waals surface area (Å²) in [4.78, 5) is 64.5. The van der Waals surface area contributed by atoms with Gasteiger partial charge in [0.2, 0.25) is 5.91 Å². The van der Waals surface area contributed by atoms with E-state index in [1.807, 2.05) is 32.0 Å². The summed E-state index contributed by atoms with van der Waals surface area (Å²) in [5.74, 6) is -2.97. The zero-order chi connectivity index (χ0) is 26.4. The van der Waals surface area contributed by atoms with Gasteiger partial charge in [-0.2, -0.15) is 0 Å². The Morgan fingerprint density at radius 1 is 0.946 bits per heavy atom. The van der Waals surface area contributed by atoms with Gasteiger partial charge in [-0.15, -0.1) is 0 Å². The van der Waals surface area contributed by atoms with Crippen molar-refractivity contribution in [2.24, 2.45) is 5.92 Å². The molecule has 0 aliphatic carbocycles. The third-order valence-electron chi connectivity index (χ3n) is 6.36. The normalized spacial score (nSPS) is 16.8. The van der Waals surface area contributed by atoms with Gasteiger partial charge in [0.1, 0.15) is 11.3 Å². The first-order valence-electron chi connectivity index (χ1n) is 11.5. The second kappa shape index (κ2) is 8.98. The van der Waals surface area contributed by atoms with Crippen LogP contribution in [0, 0.1) is 29.9 Å². The smallest absolute Gasteiger partial charge is 0.316 e. The highest BCUT2D eigenvalue weighted by atomic mass is 16.6. The third kappa shape index (κ3) is 4.22. The molecule has 0 unspecified atom stereocenters. The number of carbonyl (C=O) groups is 4. The highest BCUT2D eigenvalue weighted by Crippen LogP contribution is 2.35. The van der Waals surface area contributed by atoms with Crippen molar-refractivity contribution >= 4 is 40.8 Å². The molecular formula is C27H21N3O7. The summed E-state index contributed by atoms with van der Waals surface area (Å²) in [5.41, 5.74) is 2.02. The van der Waals surface area contributed by atoms with Gasteiger partial charge in [0.15, 0.2) is 0 Å². The molecule has 10 nitrogen and oxygen atoms in total. The molecule has 1 saturated heterocycles. The number of amides is 3. The number of fused-ring (bicyclic) bond motifs is 1. The number of aryl methyl sites for hydroxylation is 2. The fourth-order valence-corrected chi connectivity index (χ4v) is 4.76. The van der Waals surface area contributed by atoms with Crippen molar-refractivity contribution in [2.75, 3.05) is 16.3 Å². The van der Waals surface area contributed by atoms with Crippen molar-refractivity contribution in [3.05, 3.63) is 93.0 Å². The monoisotopic (exact) mass is 499 g/mol. The molecule has 3 aromatic rings. The SMILES string of the molecule is Cc1cc(C)cc(N2C[C@@H](C(=O)Oc3cccc(N4C(=O)c5cccc([N+](=O)[O-])c5C4=O)c3)CC2=O)c1. The van der Waals surface area contributed by atoms with Crippen molar-refractivity contribution in [2.45, 2.75) is 20.3 Å². The Labute approximate surface area is 211 Å². The average molecular weight is 499 g/mol. The van der Waals surface area contributed by atoms with E-state index < -0.39 is 34.3 Å². The number of nitro groups is 1. The highest BCUT2D eigenvalue weighted by Gasteiger charge is 2.42. The summed E-state index contributed by atoms with van der Waals surface area (Å²) in [5, 5.41) is 11.4. The predicted molar refractivity (Wildman–Crippen MR) is 133 cm³/mol. The van der Waals surface area contributed by atoms with E-state index >= 15 is 0 Å². The number of nitro benzene ring substituents is 1. The summed E-state index contributed by atoms with van der Waals surface area (Å²) in [6, 6.07) is 15.4. The first-order chi connectivity index (χ1) is 17.6. The molecule has 2 aliphatic heterocycles. The van der Waals surface area contributed by atoms with Crippen LogP contribution in [0.25, 0.3) is 0 Å². The van der Waals surface area contributed by atoms with Gasteiger partial charge in [0.25, 0.3) is 17.5 Å². The standard InChI is InChI=1S/C27H21N3O7/c1-15-9-16(2)11-19(10-15)28-14-17(12-23(28)31)27(34)37-20-6-3-5-18(13-20)29-25(32)21-7-4-8-22(30(35)36)24(21)26(29)33/h3-11,13,17H,12,14H2,1-2H3/t17-/m0/s1. The summed E-state index contributed by atoms with van der Waals surface area (Å²) >= 11 is 0. The van der Waals surface area contributed by atoms with Gasteiger partial charge in [-0.3, -0.25) is 29.3 Å². The van der Waals surface area contributed by atoms with E-state index in [0.29, 0.717) is 0 Å². The Morgan fingerprint density at radius 2 is 1.65 bits per heavy atom. The molecule has 1 atom stereocenters. The van der Waals surface area contributed by atoms with Crippen LogP contribution in [0.5, 0.6) is 5.75 Å². The maximum absolute atomic E-state index is 13.0. The number of rotatable bonds is 5. The largest absolute Gasteiger partial charge is 0.426 e. The zero-order valence-corrected chi connectivity index (χ0v) is 20.0. The topological polar surface area (TPSA) is 127 Å². The number of esters is 1. The lowest BCUT2D eigenvalue weighted by atomic mass is 10.1. The minimum Gasteiger partial charge on any atom is -0.426 e. The molecule has 1 fully saturated rings. The van der Waals surface area contributed by atoms with Gasteiger partial charge in [-0.1, -0.05) is 18.2 Å². The Balaban J connectivity index is 1.34. The number of carbonyl (C=O) groups excluding carboxylic acids is 4. The first-order valence-corrected chi connectivity index (χ1v) is 11.5. The minimum absolute atomic E-state index is 0.00636. The molecule has 3 aromatic carbocycles. The molecule has 5 rings (SSSR count). The quantitative estimate of drug-likeness (QED) is 0.171. The van der Waals surface area contributed by atoms with Crippen LogP contribution in [0.4, 0.5) is 17.1 Å². The van der Waals surface area contributed by atoms with Gasteiger partial charge in [0.05, 0.1) is 22.1 Å². The lowest BCUT2D eigenvalue weighted by molar-refractivity contribution is -0.385. The molecule has 10 heteroatoms. The number of imide groups is 1. The molecule has 37 heavy (non-hydrogen) atoms. The van der Waals surface area contributed by atoms with Crippen LogP contribution < -0.4 is 14.5 Å². The summed E-state index contributed by atoms with van der Waals surface area (Å²) < 4.78 is 5.51. The van der Waals surface area contributed by atoms with Crippen molar-refractivity contribution < 1.29 is 28.8 Å². The second-order valence-electron chi connectivity index (χ2n) is 9.07. The summed E-state index contributed by atoms with van der Waals surface area (Å²) in [6.45, 7) is 4.03. The molecule has 186 valence electrons. The molecule has 3 amide bonds. The number of benzene rings is 3. The number of nitrogens with zero attached hydrogens (tertiary/aromatic N) is 3. The van der Waals surface area contributed by atoms with Crippen LogP contribution >= 0.6 is 0 Å². The van der Waals surface area contributed by atoms with Crippen LogP contribution in [0.1, 0.15) is 38.3 Å². The maximum atomic E-state index is 13.0. The fourth-order valence-electron chi connectivity index (χ4n) is 4.76. The molecule has 0 aromatic heterocycles. The zero-order valence-electron chi connectivity index (χ0n) is 20.0. The van der Waals surface area contributed by atoms with Crippen molar-refractivity contribution in [3.8, 4) is 5.75 Å². The fraction of sp³-hybridized carbons (Fsp3) is 0.185. The van der Waals surface area contributed by atoms with Crippen LogP contribution in [0.15, 0.2) is 60.7 Å². The van der Waals surface area contributed by atoms with E-state index in [-0.39, 0.29) is 41.4 Å². The Morgan fingerprint density at radius 3 is 2.35 bits per heavy atom. The Hall–Kier alpha value is -4.86. The Kier molecular flexibility index (Phi) is 5.79. The predicted octanol–water partition coefficient (Wildman–Crippen LogP) is 3.97. The minimum atomic E-state index is -0.832. The highest BCUT2D eigenvalue weighted by molar-refractivity contribution is 6.35. The van der Waals surface area contributed by atoms with Gasteiger partial charge in [-0.05, 0) is 55.3 Å². The van der Waals surface area contributed by atoms with Crippen LogP contribution in [-0.4, -0.2) is 35.2 Å². The molecule has 2 aliphatic rings.